The van der Waals surface area contributed by atoms with Crippen molar-refractivity contribution in [1.29, 1.82) is 0 Å². The molecule has 3 heterocycles. The number of aryl methyl sites for hydroxylation is 1. The Kier molecular flexibility index (Phi) is 6.41. The normalized spacial score (nSPS) is 10.7. The van der Waals surface area contributed by atoms with Gasteiger partial charge in [0.05, 0.1) is 25.5 Å². The van der Waals surface area contributed by atoms with Crippen molar-refractivity contribution < 1.29 is 9.47 Å². The van der Waals surface area contributed by atoms with E-state index in [0.29, 0.717) is 0 Å². The van der Waals surface area contributed by atoms with Crippen molar-refractivity contribution >= 4 is 28.1 Å². The highest BCUT2D eigenvalue weighted by molar-refractivity contribution is 7.08. The van der Waals surface area contributed by atoms with Gasteiger partial charge in [-0.3, -0.25) is 0 Å². The molecule has 5 rings (SSSR count). The second-order valence-corrected chi connectivity index (χ2v) is 9.46. The highest BCUT2D eigenvalue weighted by Crippen LogP contribution is 2.38. The summed E-state index contributed by atoms with van der Waals surface area (Å²) in [6.07, 6.45) is 1.92. The van der Waals surface area contributed by atoms with Crippen LogP contribution in [0.4, 0.5) is 5.82 Å². The van der Waals surface area contributed by atoms with Crippen LogP contribution in [0.2, 0.25) is 0 Å². The summed E-state index contributed by atoms with van der Waals surface area (Å²) in [6, 6.07) is 18.6. The van der Waals surface area contributed by atoms with Crippen LogP contribution in [0.5, 0.6) is 11.5 Å². The van der Waals surface area contributed by atoms with Crippen molar-refractivity contribution in [3.63, 3.8) is 0 Å². The third-order valence-electron chi connectivity index (χ3n) is 6.22. The van der Waals surface area contributed by atoms with E-state index in [9.17, 15) is 0 Å². The number of pyridine rings is 1. The number of benzene rings is 2. The number of fused-ring (bicyclic) bond motifs is 1. The first-order valence-electron chi connectivity index (χ1n) is 11.5. The highest BCUT2D eigenvalue weighted by atomic mass is 32.1. The van der Waals surface area contributed by atoms with Gasteiger partial charge in [0, 0.05) is 66.4 Å². The molecule has 5 nitrogen and oxygen atoms in total. The standard InChI is InChI=1S/C30H27N3O2S/c1-32(2)29-11-8-22(18-31-29)21-7-10-28-27(16-21)26(9-6-20-12-13-36-19-20)30(33(28)3)23-14-24(34-4)17-25(15-23)35-5/h7-8,10-19H,1-5H3. The van der Waals surface area contributed by atoms with Crippen molar-refractivity contribution in [3.05, 3.63) is 82.7 Å². The molecule has 180 valence electrons. The predicted octanol–water partition coefficient (Wildman–Crippen LogP) is 6.45. The zero-order chi connectivity index (χ0) is 25.2. The van der Waals surface area contributed by atoms with Crippen molar-refractivity contribution in [2.24, 2.45) is 7.05 Å². The third kappa shape index (κ3) is 4.41. The van der Waals surface area contributed by atoms with Crippen LogP contribution < -0.4 is 14.4 Å². The van der Waals surface area contributed by atoms with Crippen molar-refractivity contribution in [2.75, 3.05) is 33.2 Å². The van der Waals surface area contributed by atoms with Crippen LogP contribution >= 0.6 is 11.3 Å². The Bertz CT molecular complexity index is 1570. The number of thiophene rings is 1. The Morgan fingerprint density at radius 1 is 0.861 bits per heavy atom. The second-order valence-electron chi connectivity index (χ2n) is 8.68. The number of methoxy groups -OCH3 is 2. The van der Waals surface area contributed by atoms with Gasteiger partial charge in [0.15, 0.2) is 0 Å². The van der Waals surface area contributed by atoms with E-state index >= 15 is 0 Å². The molecule has 0 aliphatic heterocycles. The molecule has 0 radical (unpaired) electrons. The molecule has 0 fully saturated rings. The topological polar surface area (TPSA) is 39.5 Å². The van der Waals surface area contributed by atoms with Gasteiger partial charge in [-0.15, -0.1) is 0 Å². The fraction of sp³-hybridized carbons (Fsp3) is 0.167. The number of hydrogen-bond donors (Lipinski definition) is 0. The molecule has 0 aliphatic carbocycles. The minimum Gasteiger partial charge on any atom is -0.497 e. The summed E-state index contributed by atoms with van der Waals surface area (Å²) in [5, 5.41) is 5.20. The van der Waals surface area contributed by atoms with Crippen LogP contribution in [0.15, 0.2) is 71.6 Å². The molecule has 36 heavy (non-hydrogen) atoms. The molecule has 0 amide bonds. The fourth-order valence-electron chi connectivity index (χ4n) is 4.32. The van der Waals surface area contributed by atoms with Gasteiger partial charge >= 0.3 is 0 Å². The first kappa shape index (κ1) is 23.5. The zero-order valence-corrected chi connectivity index (χ0v) is 21.8. The number of anilines is 1. The van der Waals surface area contributed by atoms with Crippen LogP contribution in [0.1, 0.15) is 11.1 Å². The minimum absolute atomic E-state index is 0.735. The van der Waals surface area contributed by atoms with E-state index in [1.807, 2.05) is 60.9 Å². The Balaban J connectivity index is 1.74. The molecular formula is C30H27N3O2S. The first-order valence-corrected chi connectivity index (χ1v) is 12.5. The van der Waals surface area contributed by atoms with Crippen LogP contribution in [0.3, 0.4) is 0 Å². The van der Waals surface area contributed by atoms with Crippen molar-refractivity contribution in [2.45, 2.75) is 0 Å². The molecule has 5 aromatic rings. The largest absolute Gasteiger partial charge is 0.497 e. The van der Waals surface area contributed by atoms with E-state index in [2.05, 4.69) is 58.1 Å². The molecule has 0 unspecified atom stereocenters. The Morgan fingerprint density at radius 2 is 1.61 bits per heavy atom. The summed E-state index contributed by atoms with van der Waals surface area (Å²) in [5.41, 5.74) is 7.23. The van der Waals surface area contributed by atoms with E-state index in [0.717, 1.165) is 61.7 Å². The molecule has 0 spiro atoms. The highest BCUT2D eigenvalue weighted by Gasteiger charge is 2.18. The number of hydrogen-bond acceptors (Lipinski definition) is 5. The fourth-order valence-corrected chi connectivity index (χ4v) is 4.91. The summed E-state index contributed by atoms with van der Waals surface area (Å²) in [5.74, 6) is 9.24. The minimum atomic E-state index is 0.735. The molecule has 3 aromatic heterocycles. The predicted molar refractivity (Wildman–Crippen MR) is 149 cm³/mol. The van der Waals surface area contributed by atoms with Crippen LogP contribution in [-0.4, -0.2) is 37.9 Å². The van der Waals surface area contributed by atoms with Crippen LogP contribution in [-0.2, 0) is 7.05 Å². The smallest absolute Gasteiger partial charge is 0.127 e. The maximum absolute atomic E-state index is 5.56. The van der Waals surface area contributed by atoms with Gasteiger partial charge in [0.1, 0.15) is 17.3 Å². The monoisotopic (exact) mass is 493 g/mol. The summed E-state index contributed by atoms with van der Waals surface area (Å²) >= 11 is 1.65. The van der Waals surface area contributed by atoms with Crippen molar-refractivity contribution in [1.82, 2.24) is 9.55 Å². The molecule has 0 N–H and O–H groups in total. The van der Waals surface area contributed by atoms with Gasteiger partial charge < -0.3 is 18.9 Å². The lowest BCUT2D eigenvalue weighted by molar-refractivity contribution is 0.394. The van der Waals surface area contributed by atoms with E-state index in [1.54, 1.807) is 25.6 Å². The Morgan fingerprint density at radius 3 is 2.22 bits per heavy atom. The van der Waals surface area contributed by atoms with E-state index in [1.165, 1.54) is 0 Å². The summed E-state index contributed by atoms with van der Waals surface area (Å²) in [6.45, 7) is 0. The van der Waals surface area contributed by atoms with Gasteiger partial charge in [-0.25, -0.2) is 4.98 Å². The molecule has 0 saturated heterocycles. The molecule has 0 bridgehead atoms. The third-order valence-corrected chi connectivity index (χ3v) is 6.90. The van der Waals surface area contributed by atoms with Gasteiger partial charge in [-0.1, -0.05) is 17.9 Å². The number of ether oxygens (including phenoxy) is 2. The van der Waals surface area contributed by atoms with E-state index < -0.39 is 0 Å². The molecule has 6 heteroatoms. The first-order chi connectivity index (χ1) is 17.5. The van der Waals surface area contributed by atoms with E-state index in [-0.39, 0.29) is 0 Å². The van der Waals surface area contributed by atoms with Crippen molar-refractivity contribution in [3.8, 4) is 45.7 Å². The average Bonchev–Trinajstić information content (AvgIpc) is 3.52. The summed E-state index contributed by atoms with van der Waals surface area (Å²) in [7, 11) is 9.39. The van der Waals surface area contributed by atoms with Gasteiger partial charge in [0.2, 0.25) is 0 Å². The lowest BCUT2D eigenvalue weighted by atomic mass is 10.0. The molecule has 0 saturated carbocycles. The van der Waals surface area contributed by atoms with Crippen LogP contribution in [0, 0.1) is 11.8 Å². The molecule has 0 atom stereocenters. The summed E-state index contributed by atoms with van der Waals surface area (Å²) in [4.78, 5) is 6.60. The number of rotatable bonds is 5. The maximum Gasteiger partial charge on any atom is 0.127 e. The number of aromatic nitrogens is 2. The quantitative estimate of drug-likeness (QED) is 0.264. The second kappa shape index (κ2) is 9.80. The lowest BCUT2D eigenvalue weighted by Crippen LogP contribution is -2.09. The SMILES string of the molecule is COc1cc(OC)cc(-c2c(C#Cc3ccsc3)c3cc(-c4ccc(N(C)C)nc4)ccc3n2C)c1. The molecule has 2 aromatic carbocycles. The average molecular weight is 494 g/mol. The van der Waals surface area contributed by atoms with Crippen LogP contribution in [0.25, 0.3) is 33.3 Å². The molecular weight excluding hydrogens is 466 g/mol. The zero-order valence-electron chi connectivity index (χ0n) is 21.0. The number of nitrogens with zero attached hydrogens (tertiary/aromatic N) is 3. The Hall–Kier alpha value is -4.21. The van der Waals surface area contributed by atoms with Gasteiger partial charge in [-0.05, 0) is 53.4 Å². The lowest BCUT2D eigenvalue weighted by Gasteiger charge is -2.11. The van der Waals surface area contributed by atoms with Gasteiger partial charge in [-0.2, -0.15) is 11.3 Å². The maximum atomic E-state index is 5.56. The van der Waals surface area contributed by atoms with Gasteiger partial charge in [0.25, 0.3) is 0 Å². The summed E-state index contributed by atoms with van der Waals surface area (Å²) < 4.78 is 13.3. The van der Waals surface area contributed by atoms with E-state index in [4.69, 9.17) is 9.47 Å². The molecule has 0 aliphatic rings. The Labute approximate surface area is 215 Å².